The quantitative estimate of drug-likeness (QED) is 0.849. The van der Waals surface area contributed by atoms with Gasteiger partial charge in [0.1, 0.15) is 12.1 Å². The van der Waals surface area contributed by atoms with Gasteiger partial charge < -0.3 is 15.1 Å². The number of nitrogens with zero attached hydrogens (tertiary/aromatic N) is 4. The van der Waals surface area contributed by atoms with Crippen LogP contribution in [0.25, 0.3) is 10.2 Å². The maximum Gasteiger partial charge on any atom is 0.225 e. The van der Waals surface area contributed by atoms with Crippen LogP contribution in [-0.2, 0) is 4.79 Å². The predicted octanol–water partition coefficient (Wildman–Crippen LogP) is 2.04. The molecule has 25 heavy (non-hydrogen) atoms. The number of piperazine rings is 1. The number of carbonyl (C=O) groups is 1. The molecule has 0 spiro atoms. The van der Waals surface area contributed by atoms with Gasteiger partial charge in [-0.05, 0) is 30.5 Å². The zero-order chi connectivity index (χ0) is 15.8. The normalized spacial score (nSPS) is 18.9. The van der Waals surface area contributed by atoms with E-state index in [0.717, 1.165) is 55.3 Å². The van der Waals surface area contributed by atoms with Crippen molar-refractivity contribution in [3.8, 4) is 0 Å². The van der Waals surface area contributed by atoms with Crippen molar-refractivity contribution in [2.75, 3.05) is 44.2 Å². The summed E-state index contributed by atoms with van der Waals surface area (Å²) >= 11 is 1.68. The molecule has 2 aromatic heterocycles. The topological polar surface area (TPSA) is 61.4 Å². The Balaban J connectivity index is 0.00000113. The van der Waals surface area contributed by atoms with E-state index < -0.39 is 0 Å². The van der Waals surface area contributed by atoms with Crippen LogP contribution in [0.1, 0.15) is 6.92 Å². The molecule has 2 aliphatic rings. The van der Waals surface area contributed by atoms with Crippen LogP contribution < -0.4 is 10.2 Å². The number of aromatic nitrogens is 2. The number of fused-ring (bicyclic) bond motifs is 1. The third-order valence-corrected chi connectivity index (χ3v) is 5.92. The van der Waals surface area contributed by atoms with Gasteiger partial charge in [-0.25, -0.2) is 9.97 Å². The van der Waals surface area contributed by atoms with Crippen LogP contribution in [0.3, 0.4) is 0 Å². The van der Waals surface area contributed by atoms with E-state index in [9.17, 15) is 4.79 Å². The summed E-state index contributed by atoms with van der Waals surface area (Å²) in [7, 11) is 0. The molecule has 0 saturated carbocycles. The molecule has 4 heterocycles. The highest BCUT2D eigenvalue weighted by Gasteiger charge is 2.33. The summed E-state index contributed by atoms with van der Waals surface area (Å²) in [5.74, 6) is 1.95. The lowest BCUT2D eigenvalue weighted by Crippen LogP contribution is -2.54. The van der Waals surface area contributed by atoms with Gasteiger partial charge in [-0.1, -0.05) is 6.92 Å². The predicted molar refractivity (Wildman–Crippen MR) is 106 cm³/mol. The number of thiophene rings is 1. The smallest absolute Gasteiger partial charge is 0.225 e. The van der Waals surface area contributed by atoms with Gasteiger partial charge in [0.2, 0.25) is 5.91 Å². The first kappa shape index (κ1) is 20.2. The van der Waals surface area contributed by atoms with Crippen molar-refractivity contribution in [1.29, 1.82) is 0 Å². The van der Waals surface area contributed by atoms with E-state index in [1.54, 1.807) is 17.7 Å². The highest BCUT2D eigenvalue weighted by molar-refractivity contribution is 7.17. The molecular weight excluding hydrogens is 381 g/mol. The molecule has 4 rings (SSSR count). The Labute approximate surface area is 163 Å². The van der Waals surface area contributed by atoms with Crippen LogP contribution in [0, 0.1) is 11.8 Å². The lowest BCUT2D eigenvalue weighted by Gasteiger charge is -2.39. The second kappa shape index (κ2) is 8.49. The highest BCUT2D eigenvalue weighted by Crippen LogP contribution is 2.28. The minimum Gasteiger partial charge on any atom is -0.352 e. The molecule has 1 atom stereocenters. The maximum atomic E-state index is 12.6. The Morgan fingerprint density at radius 3 is 2.60 bits per heavy atom. The van der Waals surface area contributed by atoms with Gasteiger partial charge in [0.25, 0.3) is 0 Å². The Bertz CT molecular complexity index is 715. The Morgan fingerprint density at radius 2 is 1.96 bits per heavy atom. The number of nitrogens with one attached hydrogen (secondary N) is 1. The first-order valence-corrected chi connectivity index (χ1v) is 9.04. The van der Waals surface area contributed by atoms with E-state index in [0.29, 0.717) is 11.8 Å². The number of halogens is 2. The molecule has 1 N–H and O–H groups in total. The fourth-order valence-electron chi connectivity index (χ4n) is 3.29. The van der Waals surface area contributed by atoms with Crippen LogP contribution in [0.5, 0.6) is 0 Å². The summed E-state index contributed by atoms with van der Waals surface area (Å²) < 4.78 is 1.14. The minimum absolute atomic E-state index is 0. The molecule has 6 nitrogen and oxygen atoms in total. The maximum absolute atomic E-state index is 12.6. The second-order valence-electron chi connectivity index (χ2n) is 6.35. The van der Waals surface area contributed by atoms with Crippen molar-refractivity contribution in [2.24, 2.45) is 11.8 Å². The number of amides is 1. The SMILES string of the molecule is CC(C(=O)N1CCN(c2ncnc3ccsc23)CC1)C1CNC1.Cl.Cl. The molecule has 9 heteroatoms. The molecule has 0 bridgehead atoms. The Kier molecular flexibility index (Phi) is 6.85. The first-order valence-electron chi connectivity index (χ1n) is 8.16. The lowest BCUT2D eigenvalue weighted by molar-refractivity contribution is -0.137. The summed E-state index contributed by atoms with van der Waals surface area (Å²) in [5.41, 5.74) is 1.00. The molecule has 0 radical (unpaired) electrons. The summed E-state index contributed by atoms with van der Waals surface area (Å²) in [6, 6.07) is 2.03. The van der Waals surface area contributed by atoms with Crippen molar-refractivity contribution in [1.82, 2.24) is 20.2 Å². The van der Waals surface area contributed by atoms with Gasteiger partial charge >= 0.3 is 0 Å². The average Bonchev–Trinajstić information content (AvgIpc) is 3.01. The van der Waals surface area contributed by atoms with Gasteiger partial charge in [0, 0.05) is 32.1 Å². The molecule has 0 aromatic carbocycles. The van der Waals surface area contributed by atoms with E-state index in [-0.39, 0.29) is 30.7 Å². The van der Waals surface area contributed by atoms with Crippen molar-refractivity contribution < 1.29 is 4.79 Å². The monoisotopic (exact) mass is 403 g/mol. The summed E-state index contributed by atoms with van der Waals surface area (Å²) in [6.45, 7) is 7.26. The van der Waals surface area contributed by atoms with E-state index in [2.05, 4.69) is 32.5 Å². The molecule has 2 aliphatic heterocycles. The first-order chi connectivity index (χ1) is 11.2. The minimum atomic E-state index is 0. The van der Waals surface area contributed by atoms with Crippen LogP contribution in [0.4, 0.5) is 5.82 Å². The van der Waals surface area contributed by atoms with Gasteiger partial charge in [0.15, 0.2) is 0 Å². The fraction of sp³-hybridized carbons (Fsp3) is 0.562. The summed E-state index contributed by atoms with van der Waals surface area (Å²) in [4.78, 5) is 25.7. The Hall–Kier alpha value is -1.15. The van der Waals surface area contributed by atoms with Crippen molar-refractivity contribution in [3.05, 3.63) is 17.8 Å². The third-order valence-electron chi connectivity index (χ3n) is 5.02. The zero-order valence-corrected chi connectivity index (χ0v) is 16.5. The van der Waals surface area contributed by atoms with Crippen molar-refractivity contribution in [3.63, 3.8) is 0 Å². The molecule has 0 aliphatic carbocycles. The molecule has 1 amide bonds. The third kappa shape index (κ3) is 3.84. The van der Waals surface area contributed by atoms with E-state index in [4.69, 9.17) is 0 Å². The number of anilines is 1. The van der Waals surface area contributed by atoms with Crippen LogP contribution in [-0.4, -0.2) is 60.0 Å². The molecule has 2 aromatic rings. The van der Waals surface area contributed by atoms with E-state index in [1.165, 1.54) is 0 Å². The Morgan fingerprint density at radius 1 is 1.24 bits per heavy atom. The highest BCUT2D eigenvalue weighted by atomic mass is 35.5. The van der Waals surface area contributed by atoms with E-state index in [1.807, 2.05) is 11.0 Å². The van der Waals surface area contributed by atoms with Gasteiger partial charge in [-0.3, -0.25) is 4.79 Å². The van der Waals surface area contributed by atoms with Crippen LogP contribution in [0.15, 0.2) is 17.8 Å². The van der Waals surface area contributed by atoms with Crippen molar-refractivity contribution in [2.45, 2.75) is 6.92 Å². The standard InChI is InChI=1S/C16H21N5OS.2ClH/c1-11(12-8-17-9-12)16(22)21-5-3-20(4-6-21)15-14-13(2-7-23-14)18-10-19-15;;/h2,7,10-12,17H,3-6,8-9H2,1H3;2*1H. The van der Waals surface area contributed by atoms with Crippen molar-refractivity contribution >= 4 is 58.1 Å². The van der Waals surface area contributed by atoms with Gasteiger partial charge in [-0.15, -0.1) is 36.2 Å². The molecule has 138 valence electrons. The summed E-state index contributed by atoms with van der Waals surface area (Å²) in [6.07, 6.45) is 1.63. The lowest BCUT2D eigenvalue weighted by atomic mass is 9.88. The van der Waals surface area contributed by atoms with Crippen LogP contribution in [0.2, 0.25) is 0 Å². The average molecular weight is 404 g/mol. The van der Waals surface area contributed by atoms with Gasteiger partial charge in [0.05, 0.1) is 10.2 Å². The van der Waals surface area contributed by atoms with Crippen LogP contribution >= 0.6 is 36.2 Å². The second-order valence-corrected chi connectivity index (χ2v) is 7.27. The fourth-order valence-corrected chi connectivity index (χ4v) is 4.16. The molecule has 2 saturated heterocycles. The number of rotatable bonds is 3. The number of carbonyl (C=O) groups excluding carboxylic acids is 1. The molecule has 1 unspecified atom stereocenters. The molecule has 2 fully saturated rings. The number of hydrogen-bond donors (Lipinski definition) is 1. The largest absolute Gasteiger partial charge is 0.352 e. The zero-order valence-electron chi connectivity index (χ0n) is 14.1. The van der Waals surface area contributed by atoms with Gasteiger partial charge in [-0.2, -0.15) is 0 Å². The number of hydrogen-bond acceptors (Lipinski definition) is 6. The summed E-state index contributed by atoms with van der Waals surface area (Å²) in [5, 5.41) is 5.30. The van der Waals surface area contributed by atoms with E-state index >= 15 is 0 Å². The molecular formula is C16H23Cl2N5OS.